The van der Waals surface area contributed by atoms with E-state index in [4.69, 9.17) is 9.40 Å². The highest BCUT2D eigenvalue weighted by Crippen LogP contribution is 2.35. The van der Waals surface area contributed by atoms with Crippen molar-refractivity contribution < 1.29 is 4.42 Å². The molecule has 0 unspecified atom stereocenters. The molecule has 3 aromatic heterocycles. The van der Waals surface area contributed by atoms with Crippen molar-refractivity contribution in [1.29, 1.82) is 0 Å². The molecule has 0 spiro atoms. The van der Waals surface area contributed by atoms with Crippen LogP contribution >= 0.6 is 0 Å². The summed E-state index contributed by atoms with van der Waals surface area (Å²) in [5, 5.41) is 3.42. The minimum Gasteiger partial charge on any atom is -0.456 e. The van der Waals surface area contributed by atoms with Crippen molar-refractivity contribution in [3.8, 4) is 16.9 Å². The molecule has 3 nitrogen and oxygen atoms in total. The molecule has 0 atom stereocenters. The predicted octanol–water partition coefficient (Wildman–Crippen LogP) is 9.80. The number of pyridine rings is 1. The van der Waals surface area contributed by atoms with E-state index in [1.165, 1.54) is 5.57 Å². The monoisotopic (exact) mass is 502 g/mol. The number of nitrogens with zero attached hydrogens (tertiary/aromatic N) is 2. The second-order valence-electron chi connectivity index (χ2n) is 9.76. The third-order valence-electron chi connectivity index (χ3n) is 7.42. The van der Waals surface area contributed by atoms with Crippen LogP contribution < -0.4 is 0 Å². The lowest BCUT2D eigenvalue weighted by Crippen LogP contribution is -2.00. The molecule has 39 heavy (non-hydrogen) atoms. The number of hydrogen-bond donors (Lipinski definition) is 0. The summed E-state index contributed by atoms with van der Waals surface area (Å²) in [7, 11) is 0. The van der Waals surface area contributed by atoms with Crippen molar-refractivity contribution >= 4 is 50.6 Å². The van der Waals surface area contributed by atoms with Gasteiger partial charge in [-0.15, -0.1) is 0 Å². The Hall–Kier alpha value is -5.15. The number of benzene rings is 4. The van der Waals surface area contributed by atoms with Crippen LogP contribution in [0.1, 0.15) is 23.7 Å². The number of aromatic nitrogens is 2. The Morgan fingerprint density at radius 2 is 1.49 bits per heavy atom. The Morgan fingerprint density at radius 3 is 2.33 bits per heavy atom. The molecule has 4 aromatic carbocycles. The van der Waals surface area contributed by atoms with Crippen LogP contribution in [0.4, 0.5) is 0 Å². The third-order valence-corrected chi connectivity index (χ3v) is 7.42. The summed E-state index contributed by atoms with van der Waals surface area (Å²) in [6.45, 7) is 6.37. The highest BCUT2D eigenvalue weighted by molar-refractivity contribution is 6.06. The van der Waals surface area contributed by atoms with Gasteiger partial charge in [0.2, 0.25) is 0 Å². The minimum atomic E-state index is 0.867. The highest BCUT2D eigenvalue weighted by atomic mass is 16.3. The first-order chi connectivity index (χ1) is 19.2. The summed E-state index contributed by atoms with van der Waals surface area (Å²) in [5.41, 5.74) is 9.67. The fourth-order valence-electron chi connectivity index (χ4n) is 5.51. The first kappa shape index (κ1) is 23.0. The molecule has 0 fully saturated rings. The molecule has 7 rings (SSSR count). The molecule has 3 heterocycles. The number of rotatable bonds is 5. The van der Waals surface area contributed by atoms with Crippen molar-refractivity contribution in [3.05, 3.63) is 139 Å². The third kappa shape index (κ3) is 3.87. The van der Waals surface area contributed by atoms with E-state index in [0.717, 1.165) is 66.6 Å². The molecular weight excluding hydrogens is 476 g/mol. The molecule has 0 saturated heterocycles. The van der Waals surface area contributed by atoms with Crippen molar-refractivity contribution in [2.24, 2.45) is 0 Å². The van der Waals surface area contributed by atoms with Gasteiger partial charge in [-0.2, -0.15) is 0 Å². The number of fused-ring (bicyclic) bond motifs is 4. The Kier molecular flexibility index (Phi) is 5.49. The lowest BCUT2D eigenvalue weighted by atomic mass is 10.0. The SMILES string of the molecule is C=Cc1c(/C=C(\C)c2ccc3oc4ccccc4c3c2)c2ccccc2n1-c1cc(-c2ccccc2)ccn1. The summed E-state index contributed by atoms with van der Waals surface area (Å²) in [5.74, 6) is 0.867. The Balaban J connectivity index is 1.40. The number of furan rings is 1. The Bertz CT molecular complexity index is 2040. The van der Waals surface area contributed by atoms with E-state index in [1.54, 1.807) is 0 Å². The standard InChI is InChI=1S/C36H26N2O/c1-3-32-30(21-24(2)26-17-18-35-31(22-26)29-14-8-10-16-34(29)39-35)28-13-7-9-15-33(28)38(32)36-23-27(19-20-37-36)25-11-5-4-6-12-25/h3-23H,1H2,2H3/b24-21+. The van der Waals surface area contributed by atoms with Gasteiger partial charge in [0.15, 0.2) is 0 Å². The zero-order chi connectivity index (χ0) is 26.3. The molecule has 7 aromatic rings. The van der Waals surface area contributed by atoms with Gasteiger partial charge in [0, 0.05) is 27.9 Å². The van der Waals surface area contributed by atoms with Crippen molar-refractivity contribution in [2.75, 3.05) is 0 Å². The minimum absolute atomic E-state index is 0.867. The van der Waals surface area contributed by atoms with E-state index < -0.39 is 0 Å². The number of hydrogen-bond acceptors (Lipinski definition) is 2. The maximum atomic E-state index is 6.05. The normalized spacial score (nSPS) is 12.0. The molecule has 0 aliphatic carbocycles. The van der Waals surface area contributed by atoms with Crippen molar-refractivity contribution in [1.82, 2.24) is 9.55 Å². The van der Waals surface area contributed by atoms with E-state index in [2.05, 4.69) is 115 Å². The fraction of sp³-hybridized carbons (Fsp3) is 0.0278. The quantitative estimate of drug-likeness (QED) is 0.234. The lowest BCUT2D eigenvalue weighted by Gasteiger charge is -2.10. The molecule has 0 N–H and O–H groups in total. The van der Waals surface area contributed by atoms with Gasteiger partial charge < -0.3 is 4.42 Å². The first-order valence-electron chi connectivity index (χ1n) is 13.1. The largest absolute Gasteiger partial charge is 0.456 e. The van der Waals surface area contributed by atoms with E-state index in [0.29, 0.717) is 0 Å². The molecule has 0 bridgehead atoms. The van der Waals surface area contributed by atoms with Crippen LogP contribution in [-0.4, -0.2) is 9.55 Å². The van der Waals surface area contributed by atoms with Gasteiger partial charge in [-0.25, -0.2) is 4.98 Å². The van der Waals surface area contributed by atoms with Crippen LogP contribution in [0, 0.1) is 0 Å². The Morgan fingerprint density at radius 1 is 0.744 bits per heavy atom. The summed E-state index contributed by atoms with van der Waals surface area (Å²) in [4.78, 5) is 4.79. The second-order valence-corrected chi connectivity index (χ2v) is 9.76. The van der Waals surface area contributed by atoms with Crippen molar-refractivity contribution in [2.45, 2.75) is 6.92 Å². The topological polar surface area (TPSA) is 31.0 Å². The van der Waals surface area contributed by atoms with Crippen LogP contribution in [0.5, 0.6) is 0 Å². The average Bonchev–Trinajstić information content (AvgIpc) is 3.52. The molecule has 186 valence electrons. The smallest absolute Gasteiger partial charge is 0.138 e. The first-order valence-corrected chi connectivity index (χ1v) is 13.1. The van der Waals surface area contributed by atoms with Gasteiger partial charge in [0.25, 0.3) is 0 Å². The maximum Gasteiger partial charge on any atom is 0.138 e. The molecule has 3 heteroatoms. The van der Waals surface area contributed by atoms with E-state index in [1.807, 2.05) is 30.5 Å². The van der Waals surface area contributed by atoms with Gasteiger partial charge in [-0.05, 0) is 77.7 Å². The van der Waals surface area contributed by atoms with Gasteiger partial charge in [0.05, 0.1) is 11.2 Å². The summed E-state index contributed by atoms with van der Waals surface area (Å²) >= 11 is 0. The van der Waals surface area contributed by atoms with Gasteiger partial charge in [-0.3, -0.25) is 4.57 Å². The van der Waals surface area contributed by atoms with E-state index in [-0.39, 0.29) is 0 Å². The Labute approximate surface area is 227 Å². The van der Waals surface area contributed by atoms with E-state index in [9.17, 15) is 0 Å². The maximum absolute atomic E-state index is 6.05. The highest BCUT2D eigenvalue weighted by Gasteiger charge is 2.17. The molecule has 0 aliphatic rings. The average molecular weight is 503 g/mol. The van der Waals surface area contributed by atoms with Crippen LogP contribution in [0.2, 0.25) is 0 Å². The summed E-state index contributed by atoms with van der Waals surface area (Å²) in [6.07, 6.45) is 6.08. The number of allylic oxidation sites excluding steroid dienone is 1. The van der Waals surface area contributed by atoms with Crippen LogP contribution in [0.15, 0.2) is 126 Å². The van der Waals surface area contributed by atoms with E-state index >= 15 is 0 Å². The van der Waals surface area contributed by atoms with Crippen LogP contribution in [0.3, 0.4) is 0 Å². The summed E-state index contributed by atoms with van der Waals surface area (Å²) in [6, 6.07) is 37.7. The van der Waals surface area contributed by atoms with Gasteiger partial charge in [-0.1, -0.05) is 79.4 Å². The second kappa shape index (κ2) is 9.30. The predicted molar refractivity (Wildman–Crippen MR) is 164 cm³/mol. The summed E-state index contributed by atoms with van der Waals surface area (Å²) < 4.78 is 8.26. The molecular formula is C36H26N2O. The van der Waals surface area contributed by atoms with Crippen LogP contribution in [0.25, 0.3) is 67.5 Å². The fourth-order valence-corrected chi connectivity index (χ4v) is 5.51. The van der Waals surface area contributed by atoms with Crippen molar-refractivity contribution in [3.63, 3.8) is 0 Å². The molecule has 0 saturated carbocycles. The van der Waals surface area contributed by atoms with Gasteiger partial charge in [0.1, 0.15) is 17.0 Å². The zero-order valence-electron chi connectivity index (χ0n) is 21.6. The number of para-hydroxylation sites is 2. The molecule has 0 amide bonds. The molecule has 0 radical (unpaired) electrons. The van der Waals surface area contributed by atoms with Crippen LogP contribution in [-0.2, 0) is 0 Å². The zero-order valence-corrected chi connectivity index (χ0v) is 21.6. The van der Waals surface area contributed by atoms with Gasteiger partial charge >= 0.3 is 0 Å². The lowest BCUT2D eigenvalue weighted by molar-refractivity contribution is 0.669. The molecule has 0 aliphatic heterocycles.